The molecule has 1 aliphatic rings. The topological polar surface area (TPSA) is 0 Å². The molecule has 138 valence electrons. The molecule has 0 spiro atoms. The maximum absolute atomic E-state index is 2.35. The SMILES string of the molecule is Ic1ccc(CSc2ccc([SH]3c4ccccc4-c4ccccc43)cc2)cc1. The Morgan fingerprint density at radius 2 is 1.21 bits per heavy atom. The van der Waals surface area contributed by atoms with Gasteiger partial charge in [-0.15, -0.1) is 11.8 Å². The minimum absolute atomic E-state index is 0.451. The summed E-state index contributed by atoms with van der Waals surface area (Å²) in [5, 5.41) is 0. The van der Waals surface area contributed by atoms with E-state index in [2.05, 4.69) is 120 Å². The lowest BCUT2D eigenvalue weighted by Gasteiger charge is -2.19. The summed E-state index contributed by atoms with van der Waals surface area (Å²) in [5.74, 6) is 1.01. The largest absolute Gasteiger partial charge is 0.172 e. The van der Waals surface area contributed by atoms with Crippen LogP contribution in [0.15, 0.2) is 117 Å². The van der Waals surface area contributed by atoms with Gasteiger partial charge in [0.2, 0.25) is 0 Å². The van der Waals surface area contributed by atoms with Crippen LogP contribution in [-0.2, 0) is 5.75 Å². The predicted molar refractivity (Wildman–Crippen MR) is 131 cm³/mol. The van der Waals surface area contributed by atoms with Gasteiger partial charge in [-0.2, -0.15) is 10.9 Å². The Labute approximate surface area is 186 Å². The third-order valence-corrected chi connectivity index (χ3v) is 9.35. The van der Waals surface area contributed by atoms with E-state index in [9.17, 15) is 0 Å². The van der Waals surface area contributed by atoms with Gasteiger partial charge in [-0.3, -0.25) is 0 Å². The van der Waals surface area contributed by atoms with Crippen molar-refractivity contribution in [2.75, 3.05) is 0 Å². The van der Waals surface area contributed by atoms with Crippen molar-refractivity contribution in [1.82, 2.24) is 0 Å². The molecule has 0 bridgehead atoms. The van der Waals surface area contributed by atoms with E-state index in [-0.39, 0.29) is 0 Å². The first-order chi connectivity index (χ1) is 13.8. The van der Waals surface area contributed by atoms with Crippen molar-refractivity contribution in [2.24, 2.45) is 0 Å². The second-order valence-corrected chi connectivity index (χ2v) is 11.2. The molecule has 4 aromatic carbocycles. The molecule has 0 unspecified atom stereocenters. The molecule has 3 heteroatoms. The van der Waals surface area contributed by atoms with Gasteiger partial charge in [0.05, 0.1) is 0 Å². The summed E-state index contributed by atoms with van der Waals surface area (Å²) in [7, 11) is -0.451. The van der Waals surface area contributed by atoms with E-state index in [0.717, 1.165) is 5.75 Å². The highest BCUT2D eigenvalue weighted by molar-refractivity contribution is 14.1. The summed E-state index contributed by atoms with van der Waals surface area (Å²) < 4.78 is 1.29. The van der Waals surface area contributed by atoms with Crippen molar-refractivity contribution in [3.63, 3.8) is 0 Å². The lowest BCUT2D eigenvalue weighted by molar-refractivity contribution is 1.31. The van der Waals surface area contributed by atoms with Crippen LogP contribution in [0.4, 0.5) is 0 Å². The zero-order valence-electron chi connectivity index (χ0n) is 15.2. The van der Waals surface area contributed by atoms with E-state index in [1.54, 1.807) is 0 Å². The standard InChI is InChI=1S/C25H19IS2/c26-19-11-9-18(10-12-19)17-27-20-13-15-21(16-14-20)28-24-7-3-1-5-22(24)23-6-2-4-8-25(23)28/h1-16,28H,17H2. The van der Waals surface area contributed by atoms with Crippen molar-refractivity contribution in [3.8, 4) is 11.1 Å². The second kappa shape index (κ2) is 7.97. The number of halogens is 1. The third kappa shape index (κ3) is 3.51. The van der Waals surface area contributed by atoms with Gasteiger partial charge in [0.1, 0.15) is 0 Å². The number of hydrogen-bond acceptors (Lipinski definition) is 1. The highest BCUT2D eigenvalue weighted by Crippen LogP contribution is 2.62. The maximum atomic E-state index is 2.35. The monoisotopic (exact) mass is 510 g/mol. The molecule has 5 rings (SSSR count). The molecule has 4 aromatic rings. The van der Waals surface area contributed by atoms with Crippen LogP contribution in [0.3, 0.4) is 0 Å². The van der Waals surface area contributed by atoms with Gasteiger partial charge in [0, 0.05) is 24.0 Å². The van der Waals surface area contributed by atoms with Crippen molar-refractivity contribution in [2.45, 2.75) is 25.3 Å². The van der Waals surface area contributed by atoms with E-state index < -0.39 is 10.9 Å². The molecule has 0 saturated heterocycles. The van der Waals surface area contributed by atoms with Crippen LogP contribution in [0.1, 0.15) is 5.56 Å². The van der Waals surface area contributed by atoms with Gasteiger partial charge in [0.25, 0.3) is 0 Å². The lowest BCUT2D eigenvalue weighted by atomic mass is 10.1. The molecule has 0 N–H and O–H groups in total. The number of thioether (sulfide) groups is 1. The predicted octanol–water partition coefficient (Wildman–Crippen LogP) is 8.04. The number of rotatable bonds is 4. The first-order valence-electron chi connectivity index (χ1n) is 9.25. The Kier molecular flexibility index (Phi) is 5.22. The summed E-state index contributed by atoms with van der Waals surface area (Å²) in [6, 6.07) is 35.8. The summed E-state index contributed by atoms with van der Waals surface area (Å²) in [5.41, 5.74) is 4.18. The molecule has 0 fully saturated rings. The minimum Gasteiger partial charge on any atom is -0.172 e. The molecule has 0 amide bonds. The number of thiol groups is 1. The molecule has 0 radical (unpaired) electrons. The van der Waals surface area contributed by atoms with E-state index >= 15 is 0 Å². The van der Waals surface area contributed by atoms with E-state index in [1.165, 1.54) is 39.8 Å². The van der Waals surface area contributed by atoms with Crippen LogP contribution < -0.4 is 0 Å². The molecule has 0 aliphatic carbocycles. The molecular weight excluding hydrogens is 491 g/mol. The summed E-state index contributed by atoms with van der Waals surface area (Å²) in [4.78, 5) is 5.74. The molecule has 0 atom stereocenters. The average Bonchev–Trinajstić information content (AvgIpc) is 3.08. The van der Waals surface area contributed by atoms with Crippen LogP contribution in [-0.4, -0.2) is 0 Å². The molecule has 1 aliphatic heterocycles. The number of benzene rings is 4. The van der Waals surface area contributed by atoms with Crippen molar-refractivity contribution >= 4 is 45.2 Å². The Morgan fingerprint density at radius 1 is 0.643 bits per heavy atom. The average molecular weight is 510 g/mol. The van der Waals surface area contributed by atoms with Crippen molar-refractivity contribution < 1.29 is 0 Å². The summed E-state index contributed by atoms with van der Waals surface area (Å²) in [6.07, 6.45) is 0. The Hall–Kier alpha value is -1.69. The van der Waals surface area contributed by atoms with Crippen LogP contribution in [0, 0.1) is 3.57 Å². The first kappa shape index (κ1) is 18.3. The van der Waals surface area contributed by atoms with Crippen LogP contribution >= 0.6 is 45.2 Å². The molecule has 0 aromatic heterocycles. The van der Waals surface area contributed by atoms with Gasteiger partial charge in [-0.1, -0.05) is 48.5 Å². The fourth-order valence-electron chi connectivity index (χ4n) is 3.64. The number of hydrogen-bond donors (Lipinski definition) is 1. The number of fused-ring (bicyclic) bond motifs is 3. The Balaban J connectivity index is 1.41. The fraction of sp³-hybridized carbons (Fsp3) is 0.0400. The molecule has 0 saturated carbocycles. The third-order valence-electron chi connectivity index (χ3n) is 4.99. The van der Waals surface area contributed by atoms with Crippen LogP contribution in [0.5, 0.6) is 0 Å². The van der Waals surface area contributed by atoms with Crippen molar-refractivity contribution in [1.29, 1.82) is 0 Å². The first-order valence-corrected chi connectivity index (χ1v) is 12.7. The quantitative estimate of drug-likeness (QED) is 0.145. The van der Waals surface area contributed by atoms with Gasteiger partial charge in [0.15, 0.2) is 0 Å². The molecule has 0 nitrogen and oxygen atoms in total. The Bertz CT molecular complexity index is 1070. The highest BCUT2D eigenvalue weighted by Gasteiger charge is 2.26. The van der Waals surface area contributed by atoms with E-state index in [4.69, 9.17) is 0 Å². The summed E-state index contributed by atoms with van der Waals surface area (Å²) in [6.45, 7) is 0. The van der Waals surface area contributed by atoms with Gasteiger partial charge >= 0.3 is 0 Å². The lowest BCUT2D eigenvalue weighted by Crippen LogP contribution is -1.84. The second-order valence-electron chi connectivity index (χ2n) is 6.78. The zero-order chi connectivity index (χ0) is 18.9. The smallest absolute Gasteiger partial charge is 0.0232 e. The normalized spacial score (nSPS) is 13.2. The maximum Gasteiger partial charge on any atom is 0.0232 e. The minimum atomic E-state index is -0.451. The zero-order valence-corrected chi connectivity index (χ0v) is 19.0. The van der Waals surface area contributed by atoms with Gasteiger partial charge < -0.3 is 0 Å². The molecule has 1 heterocycles. The molecular formula is C25H19IS2. The van der Waals surface area contributed by atoms with Crippen molar-refractivity contribution in [3.05, 3.63) is 106 Å². The van der Waals surface area contributed by atoms with Gasteiger partial charge in [-0.05, 0) is 92.7 Å². The fourth-order valence-corrected chi connectivity index (χ4v) is 7.46. The Morgan fingerprint density at radius 3 is 1.82 bits per heavy atom. The van der Waals surface area contributed by atoms with E-state index in [1.807, 2.05) is 11.8 Å². The van der Waals surface area contributed by atoms with Crippen LogP contribution in [0.2, 0.25) is 0 Å². The van der Waals surface area contributed by atoms with Gasteiger partial charge in [-0.25, -0.2) is 0 Å². The highest BCUT2D eigenvalue weighted by atomic mass is 127. The van der Waals surface area contributed by atoms with E-state index in [0.29, 0.717) is 0 Å². The molecule has 28 heavy (non-hydrogen) atoms. The van der Waals surface area contributed by atoms with Crippen LogP contribution in [0.25, 0.3) is 11.1 Å². The summed E-state index contributed by atoms with van der Waals surface area (Å²) >= 11 is 4.26.